The van der Waals surface area contributed by atoms with Crippen LogP contribution in [0, 0.1) is 0 Å². The number of nitrogens with two attached hydrogens (primary N) is 1. The molecule has 0 bridgehead atoms. The molecule has 0 fully saturated rings. The van der Waals surface area contributed by atoms with Crippen LogP contribution in [0.15, 0.2) is 47.0 Å². The summed E-state index contributed by atoms with van der Waals surface area (Å²) in [4.78, 5) is 45.3. The number of pyridine rings is 1. The van der Waals surface area contributed by atoms with Crippen LogP contribution in [0.5, 0.6) is 5.75 Å². The smallest absolute Gasteiger partial charge is 0.349 e. The molecule has 1 aromatic carbocycles. The van der Waals surface area contributed by atoms with Crippen molar-refractivity contribution < 1.29 is 19.1 Å². The minimum atomic E-state index is -1.19. The highest BCUT2D eigenvalue weighted by molar-refractivity contribution is 6.22. The summed E-state index contributed by atoms with van der Waals surface area (Å²) in [5, 5.41) is 0. The quantitative estimate of drug-likeness (QED) is 0.475. The molecule has 3 heterocycles. The van der Waals surface area contributed by atoms with E-state index in [-0.39, 0.29) is 23.7 Å². The minimum absolute atomic E-state index is 0.139. The number of hydrogen-bond acceptors (Lipinski definition) is 7. The number of Topliss-reactive ketones (excluding diaryl/α,β-unsaturated/α-hetero) is 1. The molecule has 2 atom stereocenters. The summed E-state index contributed by atoms with van der Waals surface area (Å²) in [5.74, 6) is -0.683. The fraction of sp³-hybridized carbons (Fsp3) is 0.273. The Morgan fingerprint density at radius 2 is 2.03 bits per heavy atom. The molecule has 3 aromatic rings. The lowest BCUT2D eigenvalue weighted by molar-refractivity contribution is -0.153. The van der Waals surface area contributed by atoms with E-state index in [0.717, 1.165) is 0 Å². The number of aromatic nitrogens is 3. The molecular formula is C22H22N4O5. The number of ether oxygens (including phenoxy) is 2. The van der Waals surface area contributed by atoms with Crippen molar-refractivity contribution in [3.63, 3.8) is 0 Å². The van der Waals surface area contributed by atoms with E-state index >= 15 is 0 Å². The summed E-state index contributed by atoms with van der Waals surface area (Å²) in [7, 11) is 0. The van der Waals surface area contributed by atoms with Gasteiger partial charge in [0, 0.05) is 23.0 Å². The van der Waals surface area contributed by atoms with Crippen molar-refractivity contribution >= 4 is 28.4 Å². The average Bonchev–Trinajstić information content (AvgIpc) is 3.07. The van der Waals surface area contributed by atoms with Crippen LogP contribution in [0.25, 0.3) is 16.6 Å². The topological polar surface area (TPSA) is 129 Å². The molecule has 0 radical (unpaired) electrons. The maximum Gasteiger partial charge on any atom is 0.349 e. The zero-order valence-electron chi connectivity index (χ0n) is 17.3. The molecule has 160 valence electrons. The second-order valence-electron chi connectivity index (χ2n) is 7.24. The Balaban J connectivity index is 2.06. The molecule has 9 nitrogen and oxygen atoms in total. The lowest BCUT2D eigenvalue weighted by atomic mass is 9.96. The van der Waals surface area contributed by atoms with Crippen molar-refractivity contribution in [2.75, 3.05) is 6.61 Å². The number of hydrogen-bond donors (Lipinski definition) is 2. The average molecular weight is 422 g/mol. The van der Waals surface area contributed by atoms with Crippen molar-refractivity contribution in [1.29, 1.82) is 0 Å². The van der Waals surface area contributed by atoms with Crippen LogP contribution in [-0.4, -0.2) is 39.0 Å². The number of carbonyl (C=O) groups excluding carboxylic acids is 2. The van der Waals surface area contributed by atoms with Gasteiger partial charge in [-0.05, 0) is 45.0 Å². The lowest BCUT2D eigenvalue weighted by Crippen LogP contribution is -2.44. The fourth-order valence-electron chi connectivity index (χ4n) is 4.02. The first-order valence-corrected chi connectivity index (χ1v) is 9.84. The van der Waals surface area contributed by atoms with Crippen LogP contribution in [0.4, 0.5) is 0 Å². The summed E-state index contributed by atoms with van der Waals surface area (Å²) in [6, 6.07) is 7.69. The van der Waals surface area contributed by atoms with Gasteiger partial charge in [0.25, 0.3) is 0 Å². The summed E-state index contributed by atoms with van der Waals surface area (Å²) in [5.41, 5.74) is 7.92. The first-order chi connectivity index (χ1) is 14.8. The predicted molar refractivity (Wildman–Crippen MR) is 113 cm³/mol. The van der Waals surface area contributed by atoms with Gasteiger partial charge in [-0.2, -0.15) is 0 Å². The molecule has 4 rings (SSSR count). The van der Waals surface area contributed by atoms with E-state index in [1.54, 1.807) is 50.4 Å². The van der Waals surface area contributed by atoms with Gasteiger partial charge in [0.1, 0.15) is 11.6 Å². The number of H-pyrrole nitrogens is 1. The summed E-state index contributed by atoms with van der Waals surface area (Å²) in [6.07, 6.45) is 0.388. The molecule has 3 N–H and O–H groups in total. The Morgan fingerprint density at radius 3 is 2.65 bits per heavy atom. The standard InChI is InChI=1S/C22H22N4O5/c1-4-30-21(28)20-17(14-7-5-6-10-24-14)26-18-15(25-22(26)29)9-8-13(19(18)31-20)16(11(2)23)12(3)27/h5-10,17,20H,4,23H2,1-3H3,(H,25,29). The molecule has 0 saturated heterocycles. The number of allylic oxidation sites excluding steroid dienone is 2. The Labute approximate surface area is 177 Å². The molecule has 0 amide bonds. The molecule has 31 heavy (non-hydrogen) atoms. The molecule has 2 unspecified atom stereocenters. The van der Waals surface area contributed by atoms with E-state index in [0.29, 0.717) is 28.0 Å². The third-order valence-corrected chi connectivity index (χ3v) is 5.17. The highest BCUT2D eigenvalue weighted by Crippen LogP contribution is 2.42. The van der Waals surface area contributed by atoms with Crippen molar-refractivity contribution in [2.24, 2.45) is 5.73 Å². The summed E-state index contributed by atoms with van der Waals surface area (Å²) >= 11 is 0. The largest absolute Gasteiger partial charge is 0.473 e. The zero-order valence-corrected chi connectivity index (χ0v) is 17.3. The lowest BCUT2D eigenvalue weighted by Gasteiger charge is -2.32. The fourth-order valence-corrected chi connectivity index (χ4v) is 4.02. The molecule has 0 spiro atoms. The first-order valence-electron chi connectivity index (χ1n) is 9.84. The molecular weight excluding hydrogens is 400 g/mol. The van der Waals surface area contributed by atoms with E-state index in [4.69, 9.17) is 15.2 Å². The van der Waals surface area contributed by atoms with Crippen LogP contribution in [0.1, 0.15) is 38.1 Å². The van der Waals surface area contributed by atoms with Crippen molar-refractivity contribution in [1.82, 2.24) is 14.5 Å². The van der Waals surface area contributed by atoms with Gasteiger partial charge in [-0.1, -0.05) is 6.07 Å². The second kappa shape index (κ2) is 7.75. The van der Waals surface area contributed by atoms with Gasteiger partial charge in [-0.15, -0.1) is 0 Å². The zero-order chi connectivity index (χ0) is 22.3. The maximum absolute atomic E-state index is 13.0. The first kappa shape index (κ1) is 20.4. The summed E-state index contributed by atoms with van der Waals surface area (Å²) in [6.45, 7) is 4.83. The van der Waals surface area contributed by atoms with Gasteiger partial charge < -0.3 is 20.2 Å². The van der Waals surface area contributed by atoms with Crippen LogP contribution in [-0.2, 0) is 14.3 Å². The van der Waals surface area contributed by atoms with Gasteiger partial charge in [0.15, 0.2) is 11.5 Å². The monoisotopic (exact) mass is 422 g/mol. The molecule has 0 aliphatic carbocycles. The van der Waals surface area contributed by atoms with E-state index in [1.807, 2.05) is 0 Å². The van der Waals surface area contributed by atoms with E-state index in [1.165, 1.54) is 11.5 Å². The van der Waals surface area contributed by atoms with Gasteiger partial charge in [0.05, 0.1) is 17.8 Å². The van der Waals surface area contributed by atoms with E-state index in [9.17, 15) is 14.4 Å². The van der Waals surface area contributed by atoms with Crippen molar-refractivity contribution in [2.45, 2.75) is 32.9 Å². The SMILES string of the molecule is CCOC(=O)C1Oc2c(C(C(C)=O)=C(C)N)ccc3[nH]c(=O)n(c23)C1c1ccccn1. The third kappa shape index (κ3) is 3.27. The summed E-state index contributed by atoms with van der Waals surface area (Å²) < 4.78 is 12.8. The normalized spacial score (nSPS) is 18.3. The number of aromatic amines is 1. The van der Waals surface area contributed by atoms with Crippen molar-refractivity contribution in [3.8, 4) is 5.75 Å². The van der Waals surface area contributed by atoms with Crippen LogP contribution in [0.2, 0.25) is 0 Å². The number of ketones is 1. The highest BCUT2D eigenvalue weighted by atomic mass is 16.6. The van der Waals surface area contributed by atoms with Crippen LogP contribution < -0.4 is 16.2 Å². The number of esters is 1. The second-order valence-corrected chi connectivity index (χ2v) is 7.24. The van der Waals surface area contributed by atoms with Gasteiger partial charge in [-0.25, -0.2) is 9.59 Å². The molecule has 2 aromatic heterocycles. The molecule has 1 aliphatic rings. The molecule has 9 heteroatoms. The Hall–Kier alpha value is -3.88. The Kier molecular flexibility index (Phi) is 5.10. The highest BCUT2D eigenvalue weighted by Gasteiger charge is 2.42. The van der Waals surface area contributed by atoms with Gasteiger partial charge >= 0.3 is 11.7 Å². The number of benzene rings is 1. The Morgan fingerprint density at radius 1 is 1.26 bits per heavy atom. The van der Waals surface area contributed by atoms with Crippen LogP contribution in [0.3, 0.4) is 0 Å². The number of carbonyl (C=O) groups is 2. The maximum atomic E-state index is 13.0. The van der Waals surface area contributed by atoms with Crippen LogP contribution >= 0.6 is 0 Å². The van der Waals surface area contributed by atoms with E-state index in [2.05, 4.69) is 9.97 Å². The minimum Gasteiger partial charge on any atom is -0.473 e. The van der Waals surface area contributed by atoms with Crippen molar-refractivity contribution in [3.05, 3.63) is 64.0 Å². The number of rotatable bonds is 5. The predicted octanol–water partition coefficient (Wildman–Crippen LogP) is 1.92. The molecule has 1 aliphatic heterocycles. The Bertz CT molecular complexity index is 1270. The number of nitrogens with one attached hydrogen (secondary N) is 1. The third-order valence-electron chi connectivity index (χ3n) is 5.17. The van der Waals surface area contributed by atoms with Gasteiger partial charge in [-0.3, -0.25) is 14.3 Å². The number of nitrogens with zero attached hydrogens (tertiary/aromatic N) is 2. The molecule has 0 saturated carbocycles. The van der Waals surface area contributed by atoms with Gasteiger partial charge in [0.2, 0.25) is 6.10 Å². The van der Waals surface area contributed by atoms with E-state index < -0.39 is 23.8 Å². The number of imidazole rings is 1.